The number of halogens is 2. The number of fused-ring (bicyclic) bond motifs is 1. The molecule has 0 aromatic heterocycles. The maximum absolute atomic E-state index is 14.2. The second-order valence-electron chi connectivity index (χ2n) is 8.59. The minimum absolute atomic E-state index is 0.168. The van der Waals surface area contributed by atoms with Crippen LogP contribution in [0.1, 0.15) is 22.8 Å². The smallest absolute Gasteiger partial charge is 0.282 e. The van der Waals surface area contributed by atoms with E-state index in [0.717, 1.165) is 0 Å². The second-order valence-corrected chi connectivity index (χ2v) is 8.99. The van der Waals surface area contributed by atoms with Crippen molar-refractivity contribution >= 4 is 17.5 Å². The van der Waals surface area contributed by atoms with Gasteiger partial charge in [0.2, 0.25) is 0 Å². The Morgan fingerprint density at radius 2 is 1.77 bits per heavy atom. The highest BCUT2D eigenvalue weighted by Gasteiger charge is 2.29. The molecule has 0 atom stereocenters. The molecule has 0 radical (unpaired) electrons. The zero-order valence-corrected chi connectivity index (χ0v) is 20.1. The number of benzene rings is 2. The van der Waals surface area contributed by atoms with Crippen molar-refractivity contribution in [2.45, 2.75) is 20.0 Å². The largest absolute Gasteiger partial charge is 0.353 e. The molecule has 0 spiro atoms. The molecule has 1 saturated heterocycles. The lowest BCUT2D eigenvalue weighted by molar-refractivity contribution is 0.0626. The summed E-state index contributed by atoms with van der Waals surface area (Å²) in [6, 6.07) is 13.9. The molecular weight excluding hydrogens is 469 g/mol. The lowest BCUT2D eigenvalue weighted by Crippen LogP contribution is -2.48. The molecule has 1 amide bonds. The third-order valence-electron chi connectivity index (χ3n) is 6.42. The van der Waals surface area contributed by atoms with Gasteiger partial charge in [0.25, 0.3) is 11.5 Å². The summed E-state index contributed by atoms with van der Waals surface area (Å²) in [6.45, 7) is 5.10. The predicted octanol–water partition coefficient (Wildman–Crippen LogP) is 3.91. The first kappa shape index (κ1) is 23.3. The first-order valence-electron chi connectivity index (χ1n) is 11.6. The summed E-state index contributed by atoms with van der Waals surface area (Å²) in [5, 5.41) is 4.94. The number of amides is 1. The quantitative estimate of drug-likeness (QED) is 0.423. The molecule has 3 heterocycles. The van der Waals surface area contributed by atoms with E-state index in [1.807, 2.05) is 41.8 Å². The molecule has 180 valence electrons. The van der Waals surface area contributed by atoms with E-state index < -0.39 is 0 Å². The number of pyridine rings is 1. The van der Waals surface area contributed by atoms with Gasteiger partial charge < -0.3 is 9.47 Å². The number of aromatic nitrogens is 3. The highest BCUT2D eigenvalue weighted by atomic mass is 35.5. The normalized spacial score (nSPS) is 14.5. The van der Waals surface area contributed by atoms with E-state index in [1.54, 1.807) is 29.4 Å². The lowest BCUT2D eigenvalue weighted by atomic mass is 10.1. The van der Waals surface area contributed by atoms with Crippen LogP contribution in [-0.4, -0.2) is 56.2 Å². The highest BCUT2D eigenvalue weighted by Crippen LogP contribution is 2.25. The SMILES string of the molecule is CCn1cc(C(=O)N2CCN(Cc3c(F)cccc3Cl)CC2)c2nn(-c3ccccc3)c(=O)c-2c1. The molecule has 1 fully saturated rings. The molecule has 0 saturated carbocycles. The minimum atomic E-state index is -0.325. The van der Waals surface area contributed by atoms with Gasteiger partial charge in [0.05, 0.1) is 16.8 Å². The number of nitrogens with zero attached hydrogens (tertiary/aromatic N) is 5. The molecule has 9 heteroatoms. The van der Waals surface area contributed by atoms with Crippen LogP contribution < -0.4 is 5.56 Å². The molecule has 3 aliphatic heterocycles. The van der Waals surface area contributed by atoms with Gasteiger partial charge in [0, 0.05) is 62.2 Å². The standard InChI is InChI=1S/C26H25ClFN5O2/c1-2-30-16-20(24-21(17-30)26(35)33(29-24)18-7-4-3-5-8-18)25(34)32-13-11-31(12-14-32)15-19-22(27)9-6-10-23(19)28/h3-10,16-17H,2,11-15H2,1H3. The minimum Gasteiger partial charge on any atom is -0.353 e. The number of aryl methyl sites for hydroxylation is 1. The molecular formula is C26H25ClFN5O2. The van der Waals surface area contributed by atoms with E-state index in [0.29, 0.717) is 72.4 Å². The van der Waals surface area contributed by atoms with Gasteiger partial charge in [-0.15, -0.1) is 0 Å². The third kappa shape index (κ3) is 4.47. The predicted molar refractivity (Wildman–Crippen MR) is 133 cm³/mol. The number of piperazine rings is 1. The Kier molecular flexibility index (Phi) is 6.40. The number of carbonyl (C=O) groups excluding carboxylic acids is 1. The molecule has 3 aliphatic rings. The van der Waals surface area contributed by atoms with Crippen LogP contribution in [0.2, 0.25) is 5.02 Å². The monoisotopic (exact) mass is 493 g/mol. The van der Waals surface area contributed by atoms with Crippen molar-refractivity contribution in [2.75, 3.05) is 26.2 Å². The topological polar surface area (TPSA) is 63.4 Å². The Bertz CT molecular complexity index is 1370. The summed E-state index contributed by atoms with van der Waals surface area (Å²) < 4.78 is 17.4. The molecule has 0 unspecified atom stereocenters. The van der Waals surface area contributed by atoms with Crippen molar-refractivity contribution in [3.8, 4) is 16.9 Å². The first-order chi connectivity index (χ1) is 17.0. The summed E-state index contributed by atoms with van der Waals surface area (Å²) in [6.07, 6.45) is 3.51. The number of hydrogen-bond acceptors (Lipinski definition) is 4. The van der Waals surface area contributed by atoms with Gasteiger partial charge in [0.1, 0.15) is 11.5 Å². The molecule has 2 aromatic rings. The summed E-state index contributed by atoms with van der Waals surface area (Å²) in [5.74, 6) is -0.492. The first-order valence-corrected chi connectivity index (χ1v) is 12.0. The van der Waals surface area contributed by atoms with Gasteiger partial charge in [-0.1, -0.05) is 35.9 Å². The van der Waals surface area contributed by atoms with Gasteiger partial charge in [0.15, 0.2) is 0 Å². The molecule has 5 rings (SSSR count). The van der Waals surface area contributed by atoms with Crippen LogP contribution in [0.5, 0.6) is 0 Å². The fourth-order valence-corrected chi connectivity index (χ4v) is 4.65. The Morgan fingerprint density at radius 3 is 2.46 bits per heavy atom. The van der Waals surface area contributed by atoms with Crippen molar-refractivity contribution in [3.63, 3.8) is 0 Å². The summed E-state index contributed by atoms with van der Waals surface area (Å²) >= 11 is 6.18. The number of rotatable bonds is 5. The molecule has 2 aromatic carbocycles. The molecule has 0 bridgehead atoms. The highest BCUT2D eigenvalue weighted by molar-refractivity contribution is 6.31. The van der Waals surface area contributed by atoms with Crippen LogP contribution in [0.25, 0.3) is 16.9 Å². The van der Waals surface area contributed by atoms with E-state index in [-0.39, 0.29) is 17.3 Å². The van der Waals surface area contributed by atoms with Crippen LogP contribution in [0.4, 0.5) is 4.39 Å². The van der Waals surface area contributed by atoms with Crippen LogP contribution >= 0.6 is 11.6 Å². The number of carbonyl (C=O) groups is 1. The Hall–Kier alpha value is -3.49. The average Bonchev–Trinajstić information content (AvgIpc) is 3.22. The van der Waals surface area contributed by atoms with E-state index in [2.05, 4.69) is 10.00 Å². The fourth-order valence-electron chi connectivity index (χ4n) is 4.43. The van der Waals surface area contributed by atoms with Crippen LogP contribution in [0, 0.1) is 5.82 Å². The molecule has 0 aliphatic carbocycles. The molecule has 35 heavy (non-hydrogen) atoms. The van der Waals surface area contributed by atoms with Gasteiger partial charge in [-0.25, -0.2) is 4.39 Å². The molecule has 7 nitrogen and oxygen atoms in total. The Morgan fingerprint density at radius 1 is 1.03 bits per heavy atom. The zero-order chi connectivity index (χ0) is 24.5. The second kappa shape index (κ2) is 9.64. The van der Waals surface area contributed by atoms with Crippen molar-refractivity contribution < 1.29 is 9.18 Å². The zero-order valence-electron chi connectivity index (χ0n) is 19.3. The van der Waals surface area contributed by atoms with Crippen molar-refractivity contribution in [2.24, 2.45) is 0 Å². The Labute approximate surface area is 207 Å². The maximum atomic E-state index is 14.2. The van der Waals surface area contributed by atoms with Gasteiger partial charge in [-0.05, 0) is 31.2 Å². The van der Waals surface area contributed by atoms with E-state index in [4.69, 9.17) is 11.6 Å². The molecule has 0 N–H and O–H groups in total. The van der Waals surface area contributed by atoms with E-state index in [1.165, 1.54) is 10.7 Å². The fraction of sp³-hybridized carbons (Fsp3) is 0.269. The average molecular weight is 494 g/mol. The van der Waals surface area contributed by atoms with Crippen molar-refractivity contribution in [1.82, 2.24) is 24.1 Å². The van der Waals surface area contributed by atoms with Gasteiger partial charge in [-0.2, -0.15) is 9.78 Å². The van der Waals surface area contributed by atoms with Crippen LogP contribution in [0.3, 0.4) is 0 Å². The number of para-hydroxylation sites is 1. The summed E-state index contributed by atoms with van der Waals surface area (Å²) in [7, 11) is 0. The van der Waals surface area contributed by atoms with Gasteiger partial charge in [-0.3, -0.25) is 14.5 Å². The summed E-state index contributed by atoms with van der Waals surface area (Å²) in [5.41, 5.74) is 2.08. The number of hydrogen-bond donors (Lipinski definition) is 0. The summed E-state index contributed by atoms with van der Waals surface area (Å²) in [4.78, 5) is 30.6. The van der Waals surface area contributed by atoms with Gasteiger partial charge >= 0.3 is 0 Å². The third-order valence-corrected chi connectivity index (χ3v) is 6.78. The van der Waals surface area contributed by atoms with E-state index in [9.17, 15) is 14.0 Å². The van der Waals surface area contributed by atoms with Crippen molar-refractivity contribution in [3.05, 3.63) is 93.2 Å². The maximum Gasteiger partial charge on any atom is 0.282 e. The van der Waals surface area contributed by atoms with Crippen LogP contribution in [0.15, 0.2) is 65.7 Å². The Balaban J connectivity index is 1.39. The van der Waals surface area contributed by atoms with Crippen LogP contribution in [-0.2, 0) is 13.1 Å². The van der Waals surface area contributed by atoms with E-state index >= 15 is 0 Å². The van der Waals surface area contributed by atoms with Crippen molar-refractivity contribution in [1.29, 1.82) is 0 Å². The lowest BCUT2D eigenvalue weighted by Gasteiger charge is -2.35.